The highest BCUT2D eigenvalue weighted by molar-refractivity contribution is 5.96. The fourth-order valence-corrected chi connectivity index (χ4v) is 1.28. The third-order valence-corrected chi connectivity index (χ3v) is 2.09. The molecule has 0 radical (unpaired) electrons. The predicted molar refractivity (Wildman–Crippen MR) is 59.8 cm³/mol. The standard InChI is InChI=1S/C13H14O2/c1-3-5-9-13(14)11-7-6-8-12(10-11)15-4-2/h2,6-8,10H,3,5,9H2,1H3. The van der Waals surface area contributed by atoms with Gasteiger partial charge < -0.3 is 4.74 Å². The number of unbranched alkanes of at least 4 members (excludes halogenated alkanes) is 1. The van der Waals surface area contributed by atoms with E-state index >= 15 is 0 Å². The van der Waals surface area contributed by atoms with Gasteiger partial charge in [-0.2, -0.15) is 0 Å². The van der Waals surface area contributed by atoms with Gasteiger partial charge in [-0.1, -0.05) is 31.9 Å². The molecule has 0 aromatic heterocycles. The number of rotatable bonds is 5. The summed E-state index contributed by atoms with van der Waals surface area (Å²) in [5.41, 5.74) is 0.663. The number of benzene rings is 1. The Morgan fingerprint density at radius 3 is 3.00 bits per heavy atom. The van der Waals surface area contributed by atoms with Crippen molar-refractivity contribution in [3.8, 4) is 18.3 Å². The third-order valence-electron chi connectivity index (χ3n) is 2.09. The number of Topliss-reactive ketones (excluding diaryl/α,β-unsaturated/α-hetero) is 1. The van der Waals surface area contributed by atoms with Crippen LogP contribution in [0.15, 0.2) is 24.3 Å². The van der Waals surface area contributed by atoms with Gasteiger partial charge in [0.1, 0.15) is 11.9 Å². The van der Waals surface area contributed by atoms with E-state index in [1.54, 1.807) is 24.3 Å². The summed E-state index contributed by atoms with van der Waals surface area (Å²) < 4.78 is 4.88. The van der Waals surface area contributed by atoms with E-state index < -0.39 is 0 Å². The molecular formula is C13H14O2. The van der Waals surface area contributed by atoms with Crippen LogP contribution in [0.1, 0.15) is 36.5 Å². The lowest BCUT2D eigenvalue weighted by Gasteiger charge is -2.02. The molecule has 0 spiro atoms. The second-order valence-electron chi connectivity index (χ2n) is 3.27. The molecule has 0 N–H and O–H groups in total. The third kappa shape index (κ3) is 3.47. The van der Waals surface area contributed by atoms with Crippen LogP contribution >= 0.6 is 0 Å². The monoisotopic (exact) mass is 202 g/mol. The first-order chi connectivity index (χ1) is 7.27. The van der Waals surface area contributed by atoms with Gasteiger partial charge in [-0.15, -0.1) is 0 Å². The summed E-state index contributed by atoms with van der Waals surface area (Å²) >= 11 is 0. The summed E-state index contributed by atoms with van der Waals surface area (Å²) in [6.07, 6.45) is 9.61. The molecule has 2 heteroatoms. The summed E-state index contributed by atoms with van der Waals surface area (Å²) in [6.45, 7) is 2.06. The van der Waals surface area contributed by atoms with Crippen molar-refractivity contribution in [3.63, 3.8) is 0 Å². The number of ketones is 1. The second kappa shape index (κ2) is 5.87. The van der Waals surface area contributed by atoms with Crippen LogP contribution in [0.25, 0.3) is 0 Å². The van der Waals surface area contributed by atoms with Crippen molar-refractivity contribution in [2.75, 3.05) is 0 Å². The molecule has 2 nitrogen and oxygen atoms in total. The topological polar surface area (TPSA) is 26.3 Å². The van der Waals surface area contributed by atoms with Gasteiger partial charge in [0.2, 0.25) is 0 Å². The Morgan fingerprint density at radius 1 is 1.53 bits per heavy atom. The molecule has 0 heterocycles. The van der Waals surface area contributed by atoms with Crippen molar-refractivity contribution in [2.24, 2.45) is 0 Å². The fourth-order valence-electron chi connectivity index (χ4n) is 1.28. The zero-order valence-corrected chi connectivity index (χ0v) is 8.82. The van der Waals surface area contributed by atoms with E-state index in [4.69, 9.17) is 11.2 Å². The van der Waals surface area contributed by atoms with E-state index in [1.807, 2.05) is 0 Å². The molecule has 0 fully saturated rings. The van der Waals surface area contributed by atoms with E-state index in [2.05, 4.69) is 13.0 Å². The number of carbonyl (C=O) groups excluding carboxylic acids is 1. The van der Waals surface area contributed by atoms with Crippen molar-refractivity contribution in [2.45, 2.75) is 26.2 Å². The minimum absolute atomic E-state index is 0.138. The van der Waals surface area contributed by atoms with Gasteiger partial charge in [0.25, 0.3) is 0 Å². The number of hydrogen-bond donors (Lipinski definition) is 0. The van der Waals surface area contributed by atoms with Crippen LogP contribution in [0.5, 0.6) is 5.75 Å². The number of ether oxygens (including phenoxy) is 1. The zero-order chi connectivity index (χ0) is 11.1. The van der Waals surface area contributed by atoms with Crippen LogP contribution in [-0.2, 0) is 0 Å². The minimum atomic E-state index is 0.138. The zero-order valence-electron chi connectivity index (χ0n) is 8.82. The van der Waals surface area contributed by atoms with Gasteiger partial charge in [-0.05, 0) is 18.6 Å². The van der Waals surface area contributed by atoms with E-state index in [9.17, 15) is 4.79 Å². The van der Waals surface area contributed by atoms with Crippen molar-refractivity contribution in [1.29, 1.82) is 0 Å². The first-order valence-corrected chi connectivity index (χ1v) is 5.03. The van der Waals surface area contributed by atoms with Crippen LogP contribution in [0.3, 0.4) is 0 Å². The van der Waals surface area contributed by atoms with Crippen LogP contribution in [0.2, 0.25) is 0 Å². The number of terminal acetylenes is 1. The fraction of sp³-hybridized carbons (Fsp3) is 0.308. The minimum Gasteiger partial charge on any atom is -0.408 e. The summed E-state index contributed by atoms with van der Waals surface area (Å²) in [7, 11) is 0. The molecule has 0 amide bonds. The molecule has 0 saturated heterocycles. The average Bonchev–Trinajstić information content (AvgIpc) is 2.27. The molecule has 0 aliphatic heterocycles. The molecule has 0 saturated carbocycles. The maximum absolute atomic E-state index is 11.7. The van der Waals surface area contributed by atoms with Gasteiger partial charge in [0.15, 0.2) is 5.78 Å². The quantitative estimate of drug-likeness (QED) is 0.542. The lowest BCUT2D eigenvalue weighted by Crippen LogP contribution is -1.98. The lowest BCUT2D eigenvalue weighted by molar-refractivity contribution is 0.0979. The maximum atomic E-state index is 11.7. The molecule has 0 atom stereocenters. The molecule has 78 valence electrons. The molecule has 1 aromatic rings. The Bertz CT molecular complexity index is 374. The molecule has 0 aliphatic rings. The van der Waals surface area contributed by atoms with Crippen molar-refractivity contribution in [1.82, 2.24) is 0 Å². The second-order valence-corrected chi connectivity index (χ2v) is 3.27. The van der Waals surface area contributed by atoms with Crippen LogP contribution < -0.4 is 4.74 Å². The molecule has 0 unspecified atom stereocenters. The molecule has 0 aliphatic carbocycles. The normalized spacial score (nSPS) is 9.33. The van der Waals surface area contributed by atoms with Gasteiger partial charge in [-0.25, -0.2) is 0 Å². The van der Waals surface area contributed by atoms with Crippen molar-refractivity contribution >= 4 is 5.78 Å². The average molecular weight is 202 g/mol. The van der Waals surface area contributed by atoms with Crippen molar-refractivity contribution < 1.29 is 9.53 Å². The lowest BCUT2D eigenvalue weighted by atomic mass is 10.1. The van der Waals surface area contributed by atoms with E-state index in [-0.39, 0.29) is 5.78 Å². The van der Waals surface area contributed by atoms with Gasteiger partial charge in [-0.3, -0.25) is 4.79 Å². The first kappa shape index (κ1) is 11.3. The Morgan fingerprint density at radius 2 is 2.33 bits per heavy atom. The van der Waals surface area contributed by atoms with E-state index in [1.165, 1.54) is 0 Å². The van der Waals surface area contributed by atoms with Gasteiger partial charge >= 0.3 is 0 Å². The summed E-state index contributed by atoms with van der Waals surface area (Å²) in [5.74, 6) is 0.680. The molecule has 1 rings (SSSR count). The largest absolute Gasteiger partial charge is 0.408 e. The van der Waals surface area contributed by atoms with Gasteiger partial charge in [0, 0.05) is 12.0 Å². The number of hydrogen-bond acceptors (Lipinski definition) is 2. The highest BCUT2D eigenvalue weighted by atomic mass is 16.5. The van der Waals surface area contributed by atoms with Crippen LogP contribution in [0, 0.1) is 12.5 Å². The Labute approximate surface area is 90.3 Å². The highest BCUT2D eigenvalue weighted by Crippen LogP contribution is 2.15. The SMILES string of the molecule is C#COc1cccc(C(=O)CCCC)c1. The summed E-state index contributed by atoms with van der Waals surface area (Å²) in [4.78, 5) is 11.7. The van der Waals surface area contributed by atoms with Crippen LogP contribution in [-0.4, -0.2) is 5.78 Å². The van der Waals surface area contributed by atoms with Crippen LogP contribution in [0.4, 0.5) is 0 Å². The molecular weight excluding hydrogens is 188 g/mol. The predicted octanol–water partition coefficient (Wildman–Crippen LogP) is 3.03. The smallest absolute Gasteiger partial charge is 0.163 e. The van der Waals surface area contributed by atoms with Crippen molar-refractivity contribution in [3.05, 3.63) is 29.8 Å². The van der Waals surface area contributed by atoms with E-state index in [0.717, 1.165) is 12.8 Å². The molecule has 15 heavy (non-hydrogen) atoms. The Balaban J connectivity index is 2.72. The van der Waals surface area contributed by atoms with Gasteiger partial charge in [0.05, 0.1) is 0 Å². The number of carbonyl (C=O) groups is 1. The first-order valence-electron chi connectivity index (χ1n) is 5.03. The summed E-state index contributed by atoms with van der Waals surface area (Å²) in [5, 5.41) is 0. The Kier molecular flexibility index (Phi) is 4.43. The Hall–Kier alpha value is -1.75. The highest BCUT2D eigenvalue weighted by Gasteiger charge is 2.05. The van der Waals surface area contributed by atoms with E-state index in [0.29, 0.717) is 17.7 Å². The molecule has 0 bridgehead atoms. The maximum Gasteiger partial charge on any atom is 0.163 e. The summed E-state index contributed by atoms with van der Waals surface area (Å²) in [6, 6.07) is 6.96. The molecule has 1 aromatic carbocycles.